The fraction of sp³-hybridized carbons (Fsp3) is 0.500. The second-order valence-electron chi connectivity index (χ2n) is 5.15. The highest BCUT2D eigenvalue weighted by Crippen LogP contribution is 2.38. The second kappa shape index (κ2) is 4.12. The molecule has 2 nitrogen and oxygen atoms in total. The van der Waals surface area contributed by atoms with Crippen molar-refractivity contribution in [1.82, 2.24) is 4.90 Å². The van der Waals surface area contributed by atoms with Crippen LogP contribution in [-0.4, -0.2) is 17.5 Å². The lowest BCUT2D eigenvalue weighted by Gasteiger charge is -2.26. The Balaban J connectivity index is 1.80. The molecule has 2 atom stereocenters. The van der Waals surface area contributed by atoms with E-state index in [-0.39, 0.29) is 11.4 Å². The number of likely N-dealkylation sites (tertiary alicyclic amines) is 1. The van der Waals surface area contributed by atoms with Gasteiger partial charge in [-0.1, -0.05) is 12.1 Å². The molecule has 0 N–H and O–H groups in total. The van der Waals surface area contributed by atoms with Crippen LogP contribution >= 0.6 is 0 Å². The van der Waals surface area contributed by atoms with Gasteiger partial charge in [0.1, 0.15) is 11.9 Å². The summed E-state index contributed by atoms with van der Waals surface area (Å²) in [7, 11) is 0. The number of hydrogen-bond acceptors (Lipinski definition) is 2. The SMILES string of the molecule is N#Cc1cccc(CN2CC3CCC2C3)c1F. The van der Waals surface area contributed by atoms with Gasteiger partial charge in [-0.2, -0.15) is 5.26 Å². The first kappa shape index (κ1) is 10.7. The quantitative estimate of drug-likeness (QED) is 0.781. The molecular formula is C14H15FN2. The van der Waals surface area contributed by atoms with Crippen LogP contribution < -0.4 is 0 Å². The number of benzene rings is 1. The van der Waals surface area contributed by atoms with Crippen molar-refractivity contribution in [3.63, 3.8) is 0 Å². The van der Waals surface area contributed by atoms with Crippen molar-refractivity contribution < 1.29 is 4.39 Å². The fourth-order valence-electron chi connectivity index (χ4n) is 3.23. The largest absolute Gasteiger partial charge is 0.296 e. The Hall–Kier alpha value is -1.40. The first-order chi connectivity index (χ1) is 8.28. The summed E-state index contributed by atoms with van der Waals surface area (Å²) < 4.78 is 13.9. The van der Waals surface area contributed by atoms with Gasteiger partial charge in [-0.25, -0.2) is 4.39 Å². The molecule has 17 heavy (non-hydrogen) atoms. The van der Waals surface area contributed by atoms with Crippen LogP contribution in [0.1, 0.15) is 30.4 Å². The molecule has 88 valence electrons. The molecule has 0 spiro atoms. The summed E-state index contributed by atoms with van der Waals surface area (Å²) in [6, 6.07) is 7.64. The Morgan fingerprint density at radius 3 is 2.94 bits per heavy atom. The normalized spacial score (nSPS) is 27.3. The monoisotopic (exact) mass is 230 g/mol. The van der Waals surface area contributed by atoms with Crippen LogP contribution in [0.5, 0.6) is 0 Å². The Kier molecular flexibility index (Phi) is 2.60. The van der Waals surface area contributed by atoms with Crippen molar-refractivity contribution in [2.45, 2.75) is 31.8 Å². The molecule has 1 heterocycles. The van der Waals surface area contributed by atoms with Crippen molar-refractivity contribution in [3.05, 3.63) is 35.1 Å². The molecule has 2 aliphatic rings. The first-order valence-electron chi connectivity index (χ1n) is 6.19. The summed E-state index contributed by atoms with van der Waals surface area (Å²) in [5.74, 6) is 0.486. The Bertz CT molecular complexity index is 478. The van der Waals surface area contributed by atoms with Gasteiger partial charge >= 0.3 is 0 Å². The average molecular weight is 230 g/mol. The number of piperidine rings is 1. The highest BCUT2D eigenvalue weighted by molar-refractivity contribution is 5.35. The summed E-state index contributed by atoms with van der Waals surface area (Å²) in [4.78, 5) is 2.37. The molecule has 2 unspecified atom stereocenters. The van der Waals surface area contributed by atoms with E-state index in [1.54, 1.807) is 12.1 Å². The maximum absolute atomic E-state index is 13.9. The third-order valence-electron chi connectivity index (χ3n) is 4.10. The molecule has 2 fully saturated rings. The molecule has 0 radical (unpaired) electrons. The van der Waals surface area contributed by atoms with Crippen molar-refractivity contribution in [2.24, 2.45) is 5.92 Å². The number of fused-ring (bicyclic) bond motifs is 2. The van der Waals surface area contributed by atoms with Crippen LogP contribution in [0.3, 0.4) is 0 Å². The smallest absolute Gasteiger partial charge is 0.145 e. The lowest BCUT2D eigenvalue weighted by Crippen LogP contribution is -2.31. The van der Waals surface area contributed by atoms with E-state index in [4.69, 9.17) is 5.26 Å². The van der Waals surface area contributed by atoms with Gasteiger partial charge in [-0.15, -0.1) is 0 Å². The van der Waals surface area contributed by atoms with Gasteiger partial charge in [0.25, 0.3) is 0 Å². The summed E-state index contributed by atoms with van der Waals surface area (Å²) >= 11 is 0. The summed E-state index contributed by atoms with van der Waals surface area (Å²) in [5.41, 5.74) is 0.823. The Morgan fingerprint density at radius 1 is 1.41 bits per heavy atom. The molecule has 2 bridgehead atoms. The lowest BCUT2D eigenvalue weighted by atomic mass is 10.1. The molecule has 1 aromatic carbocycles. The molecule has 1 aliphatic carbocycles. The van der Waals surface area contributed by atoms with E-state index in [1.165, 1.54) is 25.3 Å². The highest BCUT2D eigenvalue weighted by atomic mass is 19.1. The van der Waals surface area contributed by atoms with Gasteiger partial charge < -0.3 is 0 Å². The van der Waals surface area contributed by atoms with Crippen molar-refractivity contribution in [1.29, 1.82) is 5.26 Å². The van der Waals surface area contributed by atoms with Crippen molar-refractivity contribution in [3.8, 4) is 6.07 Å². The minimum absolute atomic E-state index is 0.159. The van der Waals surface area contributed by atoms with Crippen LogP contribution in [0, 0.1) is 23.1 Å². The number of nitriles is 1. The van der Waals surface area contributed by atoms with E-state index in [9.17, 15) is 4.39 Å². The number of rotatable bonds is 2. The van der Waals surface area contributed by atoms with Crippen LogP contribution in [0.2, 0.25) is 0 Å². The van der Waals surface area contributed by atoms with Crippen LogP contribution in [0.4, 0.5) is 4.39 Å². The minimum Gasteiger partial charge on any atom is -0.296 e. The summed E-state index contributed by atoms with van der Waals surface area (Å²) in [6.45, 7) is 1.75. The predicted octanol–water partition coefficient (Wildman–Crippen LogP) is 2.68. The van der Waals surface area contributed by atoms with Crippen molar-refractivity contribution >= 4 is 0 Å². The maximum Gasteiger partial charge on any atom is 0.145 e. The zero-order valence-corrected chi connectivity index (χ0v) is 9.69. The van der Waals surface area contributed by atoms with Crippen LogP contribution in [-0.2, 0) is 6.54 Å². The third kappa shape index (κ3) is 1.83. The molecule has 1 saturated carbocycles. The molecule has 0 aromatic heterocycles. The topological polar surface area (TPSA) is 27.0 Å². The number of nitrogens with zero attached hydrogens (tertiary/aromatic N) is 2. The van der Waals surface area contributed by atoms with E-state index in [2.05, 4.69) is 4.90 Å². The van der Waals surface area contributed by atoms with Gasteiger partial charge in [-0.3, -0.25) is 4.90 Å². The van der Waals surface area contributed by atoms with E-state index in [1.807, 2.05) is 6.07 Å². The van der Waals surface area contributed by atoms with Crippen LogP contribution in [0.25, 0.3) is 0 Å². The zero-order chi connectivity index (χ0) is 11.8. The number of halogens is 1. The minimum atomic E-state index is -0.335. The van der Waals surface area contributed by atoms with E-state index in [0.29, 0.717) is 18.2 Å². The zero-order valence-electron chi connectivity index (χ0n) is 9.69. The van der Waals surface area contributed by atoms with Gasteiger partial charge in [-0.05, 0) is 31.2 Å². The third-order valence-corrected chi connectivity index (χ3v) is 4.10. The molecule has 1 saturated heterocycles. The Morgan fingerprint density at radius 2 is 2.29 bits per heavy atom. The van der Waals surface area contributed by atoms with Gasteiger partial charge in [0.2, 0.25) is 0 Å². The molecule has 0 amide bonds. The van der Waals surface area contributed by atoms with E-state index < -0.39 is 0 Å². The van der Waals surface area contributed by atoms with Gasteiger partial charge in [0, 0.05) is 24.7 Å². The van der Waals surface area contributed by atoms with Crippen molar-refractivity contribution in [2.75, 3.05) is 6.54 Å². The highest BCUT2D eigenvalue weighted by Gasteiger charge is 2.37. The Labute approximate surface area is 101 Å². The summed E-state index contributed by atoms with van der Waals surface area (Å²) in [6.07, 6.45) is 3.87. The summed E-state index contributed by atoms with van der Waals surface area (Å²) in [5, 5.41) is 8.81. The van der Waals surface area contributed by atoms with E-state index in [0.717, 1.165) is 12.5 Å². The first-order valence-corrected chi connectivity index (χ1v) is 6.19. The number of hydrogen-bond donors (Lipinski definition) is 0. The van der Waals surface area contributed by atoms with Gasteiger partial charge in [0.15, 0.2) is 0 Å². The fourth-order valence-corrected chi connectivity index (χ4v) is 3.23. The van der Waals surface area contributed by atoms with Crippen LogP contribution in [0.15, 0.2) is 18.2 Å². The molecule has 1 aromatic rings. The second-order valence-corrected chi connectivity index (χ2v) is 5.15. The molecule has 3 heteroatoms. The maximum atomic E-state index is 13.9. The average Bonchev–Trinajstić information content (AvgIpc) is 2.94. The van der Waals surface area contributed by atoms with Gasteiger partial charge in [0.05, 0.1) is 5.56 Å². The molecule has 3 rings (SSSR count). The predicted molar refractivity (Wildman–Crippen MR) is 62.7 cm³/mol. The molecule has 1 aliphatic heterocycles. The lowest BCUT2D eigenvalue weighted by molar-refractivity contribution is 0.203. The standard InChI is InChI=1S/C14H15FN2/c15-14-11(7-16)2-1-3-12(14)9-17-8-10-4-5-13(17)6-10/h1-3,10,13H,4-6,8-9H2. The van der Waals surface area contributed by atoms with E-state index >= 15 is 0 Å². The molecular weight excluding hydrogens is 215 g/mol.